The number of carbonyl (C=O) groups excluding carboxylic acids is 1. The van der Waals surface area contributed by atoms with Crippen molar-refractivity contribution < 1.29 is 9.53 Å². The van der Waals surface area contributed by atoms with Gasteiger partial charge in [-0.2, -0.15) is 0 Å². The molecule has 1 fully saturated rings. The van der Waals surface area contributed by atoms with Crippen LogP contribution < -0.4 is 0 Å². The summed E-state index contributed by atoms with van der Waals surface area (Å²) in [7, 11) is 0. The molecule has 0 aliphatic carbocycles. The van der Waals surface area contributed by atoms with Crippen molar-refractivity contribution in [1.29, 1.82) is 0 Å². The molecular formula is C15H29NO2. The van der Waals surface area contributed by atoms with Crippen LogP contribution in [0.15, 0.2) is 0 Å². The number of hydrogen-bond donors (Lipinski definition) is 0. The number of hydrogen-bond acceptors (Lipinski definition) is 2. The Bertz CT molecular complexity index is 286. The van der Waals surface area contributed by atoms with Crippen LogP contribution in [0.25, 0.3) is 0 Å². The molecule has 106 valence electrons. The van der Waals surface area contributed by atoms with E-state index in [1.165, 1.54) is 6.42 Å². The second-order valence-corrected chi connectivity index (χ2v) is 7.46. The number of amides is 1. The molecule has 1 atom stereocenters. The highest BCUT2D eigenvalue weighted by molar-refractivity contribution is 5.68. The van der Waals surface area contributed by atoms with Crippen molar-refractivity contribution in [2.24, 2.45) is 11.3 Å². The maximum absolute atomic E-state index is 12.0. The third-order valence-corrected chi connectivity index (χ3v) is 3.60. The maximum Gasteiger partial charge on any atom is 0.410 e. The summed E-state index contributed by atoms with van der Waals surface area (Å²) in [5.74, 6) is 0.699. The summed E-state index contributed by atoms with van der Waals surface area (Å²) in [6.45, 7) is 14.3. The molecule has 18 heavy (non-hydrogen) atoms. The number of carbonyl (C=O) groups is 1. The Balaban J connectivity index is 2.54. The Kier molecular flexibility index (Phi) is 4.68. The van der Waals surface area contributed by atoms with E-state index in [4.69, 9.17) is 4.74 Å². The van der Waals surface area contributed by atoms with E-state index in [0.717, 1.165) is 25.9 Å². The van der Waals surface area contributed by atoms with E-state index in [9.17, 15) is 4.79 Å². The lowest BCUT2D eigenvalue weighted by atomic mass is 9.77. The molecule has 0 spiro atoms. The molecule has 0 saturated carbocycles. The van der Waals surface area contributed by atoms with Gasteiger partial charge in [-0.25, -0.2) is 4.79 Å². The maximum atomic E-state index is 12.0. The van der Waals surface area contributed by atoms with Gasteiger partial charge in [0.05, 0.1) is 0 Å². The van der Waals surface area contributed by atoms with Crippen molar-refractivity contribution in [3.8, 4) is 0 Å². The zero-order chi connectivity index (χ0) is 14.0. The number of nitrogens with zero attached hydrogens (tertiary/aromatic N) is 1. The fourth-order valence-electron chi connectivity index (χ4n) is 2.47. The lowest BCUT2D eigenvalue weighted by molar-refractivity contribution is 0.0251. The minimum atomic E-state index is -0.396. The van der Waals surface area contributed by atoms with E-state index in [1.807, 2.05) is 25.7 Å². The molecule has 0 aromatic carbocycles. The van der Waals surface area contributed by atoms with Crippen molar-refractivity contribution in [3.63, 3.8) is 0 Å². The van der Waals surface area contributed by atoms with Crippen molar-refractivity contribution in [1.82, 2.24) is 4.90 Å². The SMILES string of the molecule is CC(C)(C)OC(=O)N1CCCC(C(C)(C)C)CC1. The van der Waals surface area contributed by atoms with Crippen LogP contribution in [0.2, 0.25) is 0 Å². The van der Waals surface area contributed by atoms with Crippen LogP contribution in [-0.4, -0.2) is 29.7 Å². The Hall–Kier alpha value is -0.730. The predicted molar refractivity (Wildman–Crippen MR) is 74.6 cm³/mol. The Morgan fingerprint density at radius 1 is 1.06 bits per heavy atom. The molecule has 0 aromatic heterocycles. The third kappa shape index (κ3) is 4.87. The van der Waals surface area contributed by atoms with Crippen LogP contribution in [0.5, 0.6) is 0 Å². The van der Waals surface area contributed by atoms with Crippen LogP contribution in [0.3, 0.4) is 0 Å². The Morgan fingerprint density at radius 2 is 1.67 bits per heavy atom. The average molecular weight is 255 g/mol. The van der Waals surface area contributed by atoms with Crippen molar-refractivity contribution >= 4 is 6.09 Å². The largest absolute Gasteiger partial charge is 0.444 e. The summed E-state index contributed by atoms with van der Waals surface area (Å²) in [6.07, 6.45) is 3.23. The van der Waals surface area contributed by atoms with Crippen molar-refractivity contribution in [2.75, 3.05) is 13.1 Å². The molecule has 1 aliphatic heterocycles. The highest BCUT2D eigenvalue weighted by atomic mass is 16.6. The summed E-state index contributed by atoms with van der Waals surface area (Å²) in [5, 5.41) is 0. The quantitative estimate of drug-likeness (QED) is 0.653. The highest BCUT2D eigenvalue weighted by Gasteiger charge is 2.30. The smallest absolute Gasteiger partial charge is 0.410 e. The van der Waals surface area contributed by atoms with Gasteiger partial charge in [0.25, 0.3) is 0 Å². The molecule has 3 nitrogen and oxygen atoms in total. The van der Waals surface area contributed by atoms with Gasteiger partial charge in [-0.15, -0.1) is 0 Å². The fraction of sp³-hybridized carbons (Fsp3) is 0.933. The van der Waals surface area contributed by atoms with Gasteiger partial charge < -0.3 is 9.64 Å². The van der Waals surface area contributed by atoms with Gasteiger partial charge in [0.15, 0.2) is 0 Å². The standard InChI is InChI=1S/C15H29NO2/c1-14(2,3)12-8-7-10-16(11-9-12)13(17)18-15(4,5)6/h12H,7-11H2,1-6H3. The van der Waals surface area contributed by atoms with Crippen molar-refractivity contribution in [3.05, 3.63) is 0 Å². The molecule has 0 radical (unpaired) electrons. The second-order valence-electron chi connectivity index (χ2n) is 7.46. The molecule has 1 unspecified atom stereocenters. The summed E-state index contributed by atoms with van der Waals surface area (Å²) >= 11 is 0. The molecule has 3 heteroatoms. The van der Waals surface area contributed by atoms with Gasteiger partial charge in [0, 0.05) is 13.1 Å². The first-order valence-corrected chi connectivity index (χ1v) is 7.07. The summed E-state index contributed by atoms with van der Waals surface area (Å²) < 4.78 is 5.44. The van der Waals surface area contributed by atoms with E-state index in [1.54, 1.807) is 0 Å². The van der Waals surface area contributed by atoms with Crippen molar-refractivity contribution in [2.45, 2.75) is 66.4 Å². The highest BCUT2D eigenvalue weighted by Crippen LogP contribution is 2.34. The minimum Gasteiger partial charge on any atom is -0.444 e. The number of ether oxygens (including phenoxy) is 1. The molecule has 1 amide bonds. The zero-order valence-electron chi connectivity index (χ0n) is 12.9. The zero-order valence-corrected chi connectivity index (χ0v) is 12.9. The van der Waals surface area contributed by atoms with Gasteiger partial charge in [0.2, 0.25) is 0 Å². The molecule has 1 heterocycles. The first kappa shape index (κ1) is 15.3. The van der Waals surface area contributed by atoms with Gasteiger partial charge in [-0.3, -0.25) is 0 Å². The average Bonchev–Trinajstić information content (AvgIpc) is 2.38. The van der Waals surface area contributed by atoms with E-state index < -0.39 is 5.60 Å². The Labute approximate surface area is 112 Å². The minimum absolute atomic E-state index is 0.156. The monoisotopic (exact) mass is 255 g/mol. The molecule has 0 aromatic rings. The van der Waals surface area contributed by atoms with E-state index in [-0.39, 0.29) is 6.09 Å². The molecule has 0 bridgehead atoms. The number of likely N-dealkylation sites (tertiary alicyclic amines) is 1. The van der Waals surface area contributed by atoms with E-state index in [0.29, 0.717) is 11.3 Å². The summed E-state index contributed by atoms with van der Waals surface area (Å²) in [5.41, 5.74) is -0.0588. The van der Waals surface area contributed by atoms with Gasteiger partial charge in [0.1, 0.15) is 5.60 Å². The van der Waals surface area contributed by atoms with Crippen LogP contribution in [-0.2, 0) is 4.74 Å². The van der Waals surface area contributed by atoms with E-state index >= 15 is 0 Å². The molecule has 1 aliphatic rings. The summed E-state index contributed by atoms with van der Waals surface area (Å²) in [4.78, 5) is 13.9. The second kappa shape index (κ2) is 5.50. The summed E-state index contributed by atoms with van der Waals surface area (Å²) in [6, 6.07) is 0. The fourth-order valence-corrected chi connectivity index (χ4v) is 2.47. The van der Waals surface area contributed by atoms with Crippen LogP contribution in [0.1, 0.15) is 60.8 Å². The Morgan fingerprint density at radius 3 is 2.17 bits per heavy atom. The molecule has 1 saturated heterocycles. The lowest BCUT2D eigenvalue weighted by Gasteiger charge is -2.30. The van der Waals surface area contributed by atoms with Gasteiger partial charge >= 0.3 is 6.09 Å². The van der Waals surface area contributed by atoms with Crippen LogP contribution in [0, 0.1) is 11.3 Å². The predicted octanol–water partition coefficient (Wildman–Crippen LogP) is 4.07. The van der Waals surface area contributed by atoms with E-state index in [2.05, 4.69) is 20.8 Å². The topological polar surface area (TPSA) is 29.5 Å². The van der Waals surface area contributed by atoms with Crippen LogP contribution in [0.4, 0.5) is 4.79 Å². The number of rotatable bonds is 0. The van der Waals surface area contributed by atoms with Gasteiger partial charge in [-0.05, 0) is 51.4 Å². The normalized spacial score (nSPS) is 22.6. The van der Waals surface area contributed by atoms with Gasteiger partial charge in [-0.1, -0.05) is 20.8 Å². The first-order valence-electron chi connectivity index (χ1n) is 7.07. The molecule has 0 N–H and O–H groups in total. The molecule has 1 rings (SSSR count). The first-order chi connectivity index (χ1) is 8.09. The molecular weight excluding hydrogens is 226 g/mol. The third-order valence-electron chi connectivity index (χ3n) is 3.60. The lowest BCUT2D eigenvalue weighted by Crippen LogP contribution is -2.37. The van der Waals surface area contributed by atoms with Crippen LogP contribution >= 0.6 is 0 Å².